The van der Waals surface area contributed by atoms with Crippen molar-refractivity contribution >= 4 is 5.78 Å². The lowest BCUT2D eigenvalue weighted by Gasteiger charge is -2.22. The van der Waals surface area contributed by atoms with Crippen LogP contribution in [-0.2, 0) is 11.2 Å². The van der Waals surface area contributed by atoms with E-state index in [0.717, 1.165) is 43.6 Å². The van der Waals surface area contributed by atoms with Crippen molar-refractivity contribution in [3.8, 4) is 11.5 Å². The molecule has 3 nitrogen and oxygen atoms in total. The molecule has 0 radical (unpaired) electrons. The van der Waals surface area contributed by atoms with Gasteiger partial charge in [0.15, 0.2) is 0 Å². The summed E-state index contributed by atoms with van der Waals surface area (Å²) in [5.41, 5.74) is 1.18. The summed E-state index contributed by atoms with van der Waals surface area (Å²) in [6.07, 6.45) is 5.81. The van der Waals surface area contributed by atoms with Crippen LogP contribution in [0.3, 0.4) is 0 Å². The minimum atomic E-state index is 0.198. The molecule has 0 saturated heterocycles. The molecule has 3 heteroatoms. The minimum Gasteiger partial charge on any atom is -0.497 e. The van der Waals surface area contributed by atoms with Crippen molar-refractivity contribution in [3.05, 3.63) is 23.8 Å². The van der Waals surface area contributed by atoms with Crippen LogP contribution in [0.5, 0.6) is 11.5 Å². The number of methoxy groups -OCH3 is 2. The van der Waals surface area contributed by atoms with Gasteiger partial charge in [-0.25, -0.2) is 0 Å². The molecule has 0 N–H and O–H groups in total. The van der Waals surface area contributed by atoms with E-state index in [9.17, 15) is 4.79 Å². The number of ketones is 1. The average Bonchev–Trinajstić information content (AvgIpc) is 2.58. The zero-order chi connectivity index (χ0) is 17.2. The van der Waals surface area contributed by atoms with Crippen molar-refractivity contribution in [1.82, 2.24) is 0 Å². The van der Waals surface area contributed by atoms with Gasteiger partial charge in [0.2, 0.25) is 0 Å². The van der Waals surface area contributed by atoms with Gasteiger partial charge in [-0.2, -0.15) is 0 Å². The molecule has 1 rings (SSSR count). The molecule has 0 aliphatic rings. The first-order valence-corrected chi connectivity index (χ1v) is 8.80. The van der Waals surface area contributed by atoms with Crippen LogP contribution in [0, 0.1) is 11.8 Å². The molecule has 0 aliphatic heterocycles. The predicted molar refractivity (Wildman–Crippen MR) is 95.3 cm³/mol. The van der Waals surface area contributed by atoms with E-state index in [1.165, 1.54) is 5.56 Å². The molecule has 0 saturated carbocycles. The van der Waals surface area contributed by atoms with Crippen LogP contribution in [0.4, 0.5) is 0 Å². The second-order valence-electron chi connectivity index (χ2n) is 6.26. The van der Waals surface area contributed by atoms with Gasteiger partial charge in [0.05, 0.1) is 14.2 Å². The maximum Gasteiger partial charge on any atom is 0.135 e. The van der Waals surface area contributed by atoms with Crippen LogP contribution in [0.25, 0.3) is 0 Å². The molecule has 0 amide bonds. The summed E-state index contributed by atoms with van der Waals surface area (Å²) in [5.74, 6) is 2.76. The van der Waals surface area contributed by atoms with E-state index in [1.807, 2.05) is 19.1 Å². The molecule has 2 atom stereocenters. The number of Topliss-reactive ketones (excluding diaryl/α,β-unsaturated/α-hetero) is 1. The highest BCUT2D eigenvalue weighted by Gasteiger charge is 2.22. The Labute approximate surface area is 141 Å². The second kappa shape index (κ2) is 10.3. The number of carbonyl (C=O) groups is 1. The lowest BCUT2D eigenvalue weighted by molar-refractivity contribution is -0.124. The van der Waals surface area contributed by atoms with E-state index in [0.29, 0.717) is 18.1 Å². The third-order valence-electron chi connectivity index (χ3n) is 4.65. The van der Waals surface area contributed by atoms with Gasteiger partial charge < -0.3 is 9.47 Å². The zero-order valence-electron chi connectivity index (χ0n) is 15.4. The first kappa shape index (κ1) is 19.5. The second-order valence-corrected chi connectivity index (χ2v) is 6.26. The molecule has 1 aromatic carbocycles. The highest BCUT2D eigenvalue weighted by Crippen LogP contribution is 2.29. The van der Waals surface area contributed by atoms with E-state index in [4.69, 9.17) is 9.47 Å². The normalized spacial score (nSPS) is 13.4. The standard InChI is InChI=1S/C20H32O3/c1-6-9-15(3)18(19(21)7-2)11-8-10-16-12-13-17(22-4)14-20(16)23-5/h12-15,18H,6-11H2,1-5H3. The Kier molecular flexibility index (Phi) is 8.75. The Morgan fingerprint density at radius 2 is 1.87 bits per heavy atom. The third-order valence-corrected chi connectivity index (χ3v) is 4.65. The lowest BCUT2D eigenvalue weighted by atomic mass is 9.82. The van der Waals surface area contributed by atoms with Crippen molar-refractivity contribution in [3.63, 3.8) is 0 Å². The highest BCUT2D eigenvalue weighted by molar-refractivity contribution is 5.80. The summed E-state index contributed by atoms with van der Waals surface area (Å²) < 4.78 is 10.7. The van der Waals surface area contributed by atoms with Crippen molar-refractivity contribution < 1.29 is 14.3 Å². The molecule has 130 valence electrons. The summed E-state index contributed by atoms with van der Waals surface area (Å²) in [4.78, 5) is 12.2. The zero-order valence-corrected chi connectivity index (χ0v) is 15.4. The van der Waals surface area contributed by atoms with Crippen LogP contribution in [0.15, 0.2) is 18.2 Å². The van der Waals surface area contributed by atoms with E-state index in [2.05, 4.69) is 19.9 Å². The number of rotatable bonds is 11. The Morgan fingerprint density at radius 1 is 1.13 bits per heavy atom. The van der Waals surface area contributed by atoms with Crippen molar-refractivity contribution in [2.75, 3.05) is 14.2 Å². The Morgan fingerprint density at radius 3 is 2.43 bits per heavy atom. The highest BCUT2D eigenvalue weighted by atomic mass is 16.5. The quantitative estimate of drug-likeness (QED) is 0.572. The van der Waals surface area contributed by atoms with Crippen molar-refractivity contribution in [1.29, 1.82) is 0 Å². The van der Waals surface area contributed by atoms with Gasteiger partial charge in [-0.05, 0) is 36.8 Å². The maximum atomic E-state index is 12.2. The van der Waals surface area contributed by atoms with Crippen LogP contribution in [0.2, 0.25) is 0 Å². The number of benzene rings is 1. The fourth-order valence-corrected chi connectivity index (χ4v) is 3.25. The molecular formula is C20H32O3. The smallest absolute Gasteiger partial charge is 0.135 e. The van der Waals surface area contributed by atoms with E-state index in [-0.39, 0.29) is 5.92 Å². The number of hydrogen-bond donors (Lipinski definition) is 0. The van der Waals surface area contributed by atoms with Crippen LogP contribution >= 0.6 is 0 Å². The summed E-state index contributed by atoms with van der Waals surface area (Å²) in [6, 6.07) is 5.94. The van der Waals surface area contributed by atoms with E-state index in [1.54, 1.807) is 14.2 Å². The van der Waals surface area contributed by atoms with Gasteiger partial charge in [-0.3, -0.25) is 4.79 Å². The SMILES string of the molecule is CCCC(C)C(CCCc1ccc(OC)cc1OC)C(=O)CC. The maximum absolute atomic E-state index is 12.2. The first-order valence-electron chi connectivity index (χ1n) is 8.80. The van der Waals surface area contributed by atoms with Gasteiger partial charge in [0.1, 0.15) is 17.3 Å². The van der Waals surface area contributed by atoms with E-state index >= 15 is 0 Å². The molecular weight excluding hydrogens is 288 g/mol. The molecule has 2 unspecified atom stereocenters. The summed E-state index contributed by atoms with van der Waals surface area (Å²) in [6.45, 7) is 6.38. The monoisotopic (exact) mass is 320 g/mol. The van der Waals surface area contributed by atoms with Crippen molar-refractivity contribution in [2.24, 2.45) is 11.8 Å². The largest absolute Gasteiger partial charge is 0.497 e. The van der Waals surface area contributed by atoms with E-state index < -0.39 is 0 Å². The fraction of sp³-hybridized carbons (Fsp3) is 0.650. The number of carbonyl (C=O) groups excluding carboxylic acids is 1. The van der Waals surface area contributed by atoms with Crippen LogP contribution in [-0.4, -0.2) is 20.0 Å². The number of ether oxygens (including phenoxy) is 2. The van der Waals surface area contributed by atoms with Gasteiger partial charge >= 0.3 is 0 Å². The number of hydrogen-bond acceptors (Lipinski definition) is 3. The molecule has 0 aliphatic carbocycles. The Bertz CT molecular complexity index is 482. The molecule has 23 heavy (non-hydrogen) atoms. The Hall–Kier alpha value is -1.51. The minimum absolute atomic E-state index is 0.198. The molecule has 0 bridgehead atoms. The van der Waals surface area contributed by atoms with Crippen molar-refractivity contribution in [2.45, 2.75) is 59.3 Å². The van der Waals surface area contributed by atoms with Crippen LogP contribution < -0.4 is 9.47 Å². The number of aryl methyl sites for hydroxylation is 1. The first-order chi connectivity index (χ1) is 11.1. The molecule has 0 spiro atoms. The fourth-order valence-electron chi connectivity index (χ4n) is 3.25. The van der Waals surface area contributed by atoms with Gasteiger partial charge in [0.25, 0.3) is 0 Å². The third kappa shape index (κ3) is 5.89. The van der Waals surface area contributed by atoms with Gasteiger partial charge in [0, 0.05) is 18.4 Å². The molecule has 0 fully saturated rings. The summed E-state index contributed by atoms with van der Waals surface area (Å²) in [7, 11) is 3.34. The van der Waals surface area contributed by atoms with Gasteiger partial charge in [-0.1, -0.05) is 39.7 Å². The molecule has 0 heterocycles. The Balaban J connectivity index is 2.67. The van der Waals surface area contributed by atoms with Crippen LogP contribution in [0.1, 0.15) is 58.4 Å². The summed E-state index contributed by atoms with van der Waals surface area (Å²) in [5, 5.41) is 0. The topological polar surface area (TPSA) is 35.5 Å². The van der Waals surface area contributed by atoms with Gasteiger partial charge in [-0.15, -0.1) is 0 Å². The molecule has 1 aromatic rings. The molecule has 0 aromatic heterocycles. The summed E-state index contributed by atoms with van der Waals surface area (Å²) >= 11 is 0. The lowest BCUT2D eigenvalue weighted by Crippen LogP contribution is -2.21. The predicted octanol–water partition coefficient (Wildman–Crippen LogP) is 5.06. The average molecular weight is 320 g/mol.